The quantitative estimate of drug-likeness (QED) is 0.571. The van der Waals surface area contributed by atoms with Crippen molar-refractivity contribution in [2.24, 2.45) is 5.10 Å². The van der Waals surface area contributed by atoms with Crippen LogP contribution in [0.4, 0.5) is 0 Å². The Morgan fingerprint density at radius 3 is 2.86 bits per heavy atom. The summed E-state index contributed by atoms with van der Waals surface area (Å²) in [5.41, 5.74) is 5.84. The van der Waals surface area contributed by atoms with Gasteiger partial charge in [0.25, 0.3) is 5.91 Å². The average Bonchev–Trinajstić information content (AvgIpc) is 2.84. The van der Waals surface area contributed by atoms with Crippen molar-refractivity contribution in [2.75, 3.05) is 0 Å². The smallest absolute Gasteiger partial charge is 0.289 e. The highest BCUT2D eigenvalue weighted by Crippen LogP contribution is 2.19. The minimum atomic E-state index is -0.329. The maximum Gasteiger partial charge on any atom is 0.289 e. The Morgan fingerprint density at radius 1 is 1.24 bits per heavy atom. The highest BCUT2D eigenvalue weighted by Gasteiger charge is 2.06. The van der Waals surface area contributed by atoms with Gasteiger partial charge in [-0.15, -0.1) is 0 Å². The highest BCUT2D eigenvalue weighted by molar-refractivity contribution is 6.01. The Hall–Kier alpha value is -2.95. The van der Waals surface area contributed by atoms with E-state index < -0.39 is 0 Å². The van der Waals surface area contributed by atoms with E-state index >= 15 is 0 Å². The number of hydrogen-bond donors (Lipinski definition) is 2. The summed E-state index contributed by atoms with van der Waals surface area (Å²) in [6.45, 7) is 1.97. The second-order valence-electron chi connectivity index (χ2n) is 4.62. The van der Waals surface area contributed by atoms with E-state index in [1.807, 2.05) is 31.2 Å². The van der Waals surface area contributed by atoms with Gasteiger partial charge in [-0.3, -0.25) is 9.78 Å². The van der Waals surface area contributed by atoms with E-state index in [-0.39, 0.29) is 5.91 Å². The van der Waals surface area contributed by atoms with Crippen LogP contribution in [0, 0.1) is 6.92 Å². The molecule has 2 aromatic heterocycles. The Balaban J connectivity index is 1.79. The van der Waals surface area contributed by atoms with Crippen molar-refractivity contribution >= 4 is 23.0 Å². The zero-order valence-electron chi connectivity index (χ0n) is 11.5. The van der Waals surface area contributed by atoms with Gasteiger partial charge in [-0.2, -0.15) is 5.10 Å². The predicted octanol–water partition coefficient (Wildman–Crippen LogP) is 2.64. The van der Waals surface area contributed by atoms with E-state index in [0.717, 1.165) is 22.2 Å². The van der Waals surface area contributed by atoms with E-state index in [2.05, 4.69) is 20.5 Å². The molecule has 3 aromatic rings. The molecule has 0 atom stereocenters. The van der Waals surface area contributed by atoms with E-state index in [0.29, 0.717) is 5.69 Å². The van der Waals surface area contributed by atoms with E-state index in [4.69, 9.17) is 0 Å². The third kappa shape index (κ3) is 2.67. The fraction of sp³-hybridized carbons (Fsp3) is 0.0625. The molecule has 3 rings (SSSR count). The SMILES string of the molecule is Cc1[nH]c2ccccc2c1/C=N\NC(=O)c1ccccn1. The van der Waals surface area contributed by atoms with Crippen LogP contribution >= 0.6 is 0 Å². The van der Waals surface area contributed by atoms with Gasteiger partial charge in [-0.1, -0.05) is 24.3 Å². The van der Waals surface area contributed by atoms with Gasteiger partial charge in [0.15, 0.2) is 0 Å². The van der Waals surface area contributed by atoms with Gasteiger partial charge in [-0.25, -0.2) is 5.43 Å². The monoisotopic (exact) mass is 278 g/mol. The van der Waals surface area contributed by atoms with Crippen molar-refractivity contribution in [1.29, 1.82) is 0 Å². The number of carbonyl (C=O) groups excluding carboxylic acids is 1. The first-order chi connectivity index (χ1) is 10.3. The van der Waals surface area contributed by atoms with Crippen LogP contribution in [0.1, 0.15) is 21.7 Å². The van der Waals surface area contributed by atoms with Gasteiger partial charge >= 0.3 is 0 Å². The van der Waals surface area contributed by atoms with Crippen LogP contribution in [0.25, 0.3) is 10.9 Å². The molecule has 0 aliphatic heterocycles. The molecule has 0 aliphatic rings. The van der Waals surface area contributed by atoms with E-state index in [9.17, 15) is 4.79 Å². The predicted molar refractivity (Wildman–Crippen MR) is 82.3 cm³/mol. The molecule has 0 aliphatic carbocycles. The molecule has 5 heteroatoms. The number of benzene rings is 1. The number of rotatable bonds is 3. The highest BCUT2D eigenvalue weighted by atomic mass is 16.2. The third-order valence-electron chi connectivity index (χ3n) is 3.20. The summed E-state index contributed by atoms with van der Waals surface area (Å²) >= 11 is 0. The first-order valence-corrected chi connectivity index (χ1v) is 6.57. The fourth-order valence-corrected chi connectivity index (χ4v) is 2.17. The molecule has 104 valence electrons. The van der Waals surface area contributed by atoms with Gasteiger partial charge in [-0.05, 0) is 25.1 Å². The third-order valence-corrected chi connectivity index (χ3v) is 3.20. The maximum absolute atomic E-state index is 11.8. The average molecular weight is 278 g/mol. The minimum Gasteiger partial charge on any atom is -0.358 e. The zero-order valence-corrected chi connectivity index (χ0v) is 11.5. The number of aryl methyl sites for hydroxylation is 1. The van der Waals surface area contributed by atoms with Gasteiger partial charge in [0, 0.05) is 28.4 Å². The van der Waals surface area contributed by atoms with Crippen LogP contribution in [-0.2, 0) is 0 Å². The van der Waals surface area contributed by atoms with Gasteiger partial charge < -0.3 is 4.98 Å². The minimum absolute atomic E-state index is 0.329. The molecule has 0 fully saturated rings. The molecule has 21 heavy (non-hydrogen) atoms. The normalized spacial score (nSPS) is 11.1. The fourth-order valence-electron chi connectivity index (χ4n) is 2.17. The number of hydrazone groups is 1. The Kier molecular flexibility index (Phi) is 3.47. The lowest BCUT2D eigenvalue weighted by molar-refractivity contribution is 0.0950. The summed E-state index contributed by atoms with van der Waals surface area (Å²) in [5, 5.41) is 5.09. The summed E-state index contributed by atoms with van der Waals surface area (Å²) < 4.78 is 0. The standard InChI is InChI=1S/C16H14N4O/c1-11-13(12-6-2-3-7-14(12)19-11)10-18-20-16(21)15-8-4-5-9-17-15/h2-10,19H,1H3,(H,20,21)/b18-10-. The molecule has 1 aromatic carbocycles. The summed E-state index contributed by atoms with van der Waals surface area (Å²) in [5.74, 6) is -0.329. The lowest BCUT2D eigenvalue weighted by Crippen LogP contribution is -2.18. The number of fused-ring (bicyclic) bond motifs is 1. The van der Waals surface area contributed by atoms with Crippen LogP contribution in [0.2, 0.25) is 0 Å². The summed E-state index contributed by atoms with van der Waals surface area (Å²) in [4.78, 5) is 19.1. The number of H-pyrrole nitrogens is 1. The second kappa shape index (κ2) is 5.58. The second-order valence-corrected chi connectivity index (χ2v) is 4.62. The number of nitrogens with zero attached hydrogens (tertiary/aromatic N) is 2. The molecule has 0 saturated heterocycles. The molecular weight excluding hydrogens is 264 g/mol. The van der Waals surface area contributed by atoms with Crippen molar-refractivity contribution in [3.05, 3.63) is 65.6 Å². The van der Waals surface area contributed by atoms with E-state index in [1.165, 1.54) is 0 Å². The van der Waals surface area contributed by atoms with Crippen LogP contribution in [-0.4, -0.2) is 22.1 Å². The zero-order chi connectivity index (χ0) is 14.7. The molecule has 0 spiro atoms. The molecule has 2 heterocycles. The Labute approximate surface area is 121 Å². The lowest BCUT2D eigenvalue weighted by Gasteiger charge is -1.98. The number of nitrogens with one attached hydrogen (secondary N) is 2. The summed E-state index contributed by atoms with van der Waals surface area (Å²) in [6.07, 6.45) is 3.22. The number of aromatic nitrogens is 2. The Morgan fingerprint density at radius 2 is 2.05 bits per heavy atom. The van der Waals surface area contributed by atoms with E-state index in [1.54, 1.807) is 30.6 Å². The molecule has 1 amide bonds. The molecule has 2 N–H and O–H groups in total. The first kappa shape index (κ1) is 13.1. The van der Waals surface area contributed by atoms with Crippen LogP contribution < -0.4 is 5.43 Å². The lowest BCUT2D eigenvalue weighted by atomic mass is 10.1. The summed E-state index contributed by atoms with van der Waals surface area (Å²) in [7, 11) is 0. The van der Waals surface area contributed by atoms with Gasteiger partial charge in [0.2, 0.25) is 0 Å². The maximum atomic E-state index is 11.8. The van der Waals surface area contributed by atoms with Crippen molar-refractivity contribution in [3.8, 4) is 0 Å². The number of hydrogen-bond acceptors (Lipinski definition) is 3. The molecule has 0 unspecified atom stereocenters. The topological polar surface area (TPSA) is 70.1 Å². The number of carbonyl (C=O) groups is 1. The molecule has 0 radical (unpaired) electrons. The van der Waals surface area contributed by atoms with Gasteiger partial charge in [0.1, 0.15) is 5.69 Å². The van der Waals surface area contributed by atoms with Crippen molar-refractivity contribution in [2.45, 2.75) is 6.92 Å². The molecule has 5 nitrogen and oxygen atoms in total. The largest absolute Gasteiger partial charge is 0.358 e. The number of para-hydroxylation sites is 1. The Bertz CT molecular complexity index is 806. The molecule has 0 bridgehead atoms. The van der Waals surface area contributed by atoms with Gasteiger partial charge in [0.05, 0.1) is 6.21 Å². The van der Waals surface area contributed by atoms with Crippen molar-refractivity contribution in [3.63, 3.8) is 0 Å². The molecule has 0 saturated carbocycles. The first-order valence-electron chi connectivity index (χ1n) is 6.57. The number of pyridine rings is 1. The number of aromatic amines is 1. The molecular formula is C16H14N4O. The summed E-state index contributed by atoms with van der Waals surface area (Å²) in [6, 6.07) is 13.1. The van der Waals surface area contributed by atoms with Crippen molar-refractivity contribution < 1.29 is 4.79 Å². The van der Waals surface area contributed by atoms with Crippen molar-refractivity contribution in [1.82, 2.24) is 15.4 Å². The number of amides is 1. The van der Waals surface area contributed by atoms with Crippen LogP contribution in [0.15, 0.2) is 53.8 Å². The van der Waals surface area contributed by atoms with Crippen LogP contribution in [0.5, 0.6) is 0 Å². The van der Waals surface area contributed by atoms with Crippen LogP contribution in [0.3, 0.4) is 0 Å².